The molecule has 0 amide bonds. The monoisotopic (exact) mass is 552 g/mol. The third-order valence-corrected chi connectivity index (χ3v) is 6.99. The van der Waals surface area contributed by atoms with Gasteiger partial charge in [-0.15, -0.1) is 6.42 Å². The standard InChI is InChI=1S/C23H29N4O10P/c1-5-23(19(29)18(28)20(36-23)27-12-11-17(25-32)24-22(27)31)13-34-38(33,37-16-9-7-6-8-10-16)26-15(4)21(30)35-14(2)3/h1,6-12,14-15,18-20,28-29,32H,13H2,2-4H3,(H,26,33)(H,24,25,31)/t15-,18?,19+,20+,23+,38-/m0/s1. The van der Waals surface area contributed by atoms with E-state index in [4.69, 9.17) is 30.2 Å². The molecule has 1 saturated heterocycles. The second-order valence-corrected chi connectivity index (χ2v) is 10.3. The van der Waals surface area contributed by atoms with Crippen LogP contribution >= 0.6 is 7.75 Å². The Kier molecular flexibility index (Phi) is 9.29. The van der Waals surface area contributed by atoms with Gasteiger partial charge in [0.1, 0.15) is 30.6 Å². The van der Waals surface area contributed by atoms with Gasteiger partial charge in [-0.25, -0.2) is 9.36 Å². The van der Waals surface area contributed by atoms with Crippen LogP contribution in [-0.4, -0.2) is 67.5 Å². The van der Waals surface area contributed by atoms with Crippen molar-refractivity contribution in [3.63, 3.8) is 0 Å². The van der Waals surface area contributed by atoms with Crippen molar-refractivity contribution >= 4 is 19.5 Å². The molecule has 6 atom stereocenters. The fourth-order valence-corrected chi connectivity index (χ4v) is 4.99. The maximum absolute atomic E-state index is 13.7. The van der Waals surface area contributed by atoms with Crippen molar-refractivity contribution in [3.8, 4) is 18.1 Å². The van der Waals surface area contributed by atoms with Gasteiger partial charge in [-0.3, -0.25) is 24.6 Å². The van der Waals surface area contributed by atoms with E-state index >= 15 is 0 Å². The molecule has 0 spiro atoms. The minimum atomic E-state index is -4.40. The van der Waals surface area contributed by atoms with Crippen LogP contribution in [0.4, 0.5) is 5.82 Å². The molecule has 1 aliphatic heterocycles. The number of nitrogens with one attached hydrogen (secondary N) is 2. The number of carbonyl (C=O) groups is 1. The molecule has 15 heteroatoms. The number of nitrogens with zero attached hydrogens (tertiary/aromatic N) is 2. The van der Waals surface area contributed by atoms with Gasteiger partial charge in [-0.05, 0) is 39.0 Å². The Labute approximate surface area is 218 Å². The van der Waals surface area contributed by atoms with Crippen LogP contribution < -0.4 is 20.8 Å². The number of benzene rings is 1. The van der Waals surface area contributed by atoms with Crippen LogP contribution in [0.25, 0.3) is 0 Å². The molecule has 1 aliphatic rings. The van der Waals surface area contributed by atoms with E-state index in [-0.39, 0.29) is 11.6 Å². The predicted molar refractivity (Wildman–Crippen MR) is 132 cm³/mol. The molecular weight excluding hydrogens is 523 g/mol. The van der Waals surface area contributed by atoms with Gasteiger partial charge >= 0.3 is 19.4 Å². The molecule has 0 aliphatic carbocycles. The highest BCUT2D eigenvalue weighted by Gasteiger charge is 2.56. The van der Waals surface area contributed by atoms with E-state index in [9.17, 15) is 24.4 Å². The van der Waals surface area contributed by atoms with Gasteiger partial charge in [0.2, 0.25) is 0 Å². The summed E-state index contributed by atoms with van der Waals surface area (Å²) >= 11 is 0. The Bertz CT molecular complexity index is 1270. The second-order valence-electron chi connectivity index (χ2n) is 8.60. The molecule has 0 radical (unpaired) electrons. The van der Waals surface area contributed by atoms with Crippen molar-refractivity contribution in [1.82, 2.24) is 14.6 Å². The van der Waals surface area contributed by atoms with Crippen LogP contribution in [0.15, 0.2) is 47.4 Å². The molecule has 1 aromatic heterocycles. The van der Waals surface area contributed by atoms with Crippen LogP contribution in [-0.2, 0) is 23.4 Å². The fraction of sp³-hybridized carbons (Fsp3) is 0.435. The Morgan fingerprint density at radius 3 is 2.55 bits per heavy atom. The number of rotatable bonds is 11. The summed E-state index contributed by atoms with van der Waals surface area (Å²) in [5, 5.41) is 32.8. The van der Waals surface area contributed by atoms with E-state index in [0.717, 1.165) is 10.8 Å². The number of carbonyl (C=O) groups excluding carboxylic acids is 1. The highest BCUT2D eigenvalue weighted by Crippen LogP contribution is 2.47. The number of aromatic nitrogens is 2. The first kappa shape index (κ1) is 29.3. The molecule has 38 heavy (non-hydrogen) atoms. The van der Waals surface area contributed by atoms with Gasteiger partial charge in [0.15, 0.2) is 17.6 Å². The first-order chi connectivity index (χ1) is 17.9. The zero-order chi connectivity index (χ0) is 28.1. The minimum absolute atomic E-state index is 0.128. The highest BCUT2D eigenvalue weighted by atomic mass is 31.2. The van der Waals surface area contributed by atoms with Crippen LogP contribution in [0.2, 0.25) is 0 Å². The Morgan fingerprint density at radius 2 is 1.97 bits per heavy atom. The zero-order valence-electron chi connectivity index (χ0n) is 20.8. The lowest BCUT2D eigenvalue weighted by Gasteiger charge is -2.29. The Hall–Kier alpha value is -3.28. The molecule has 1 fully saturated rings. The predicted octanol–water partition coefficient (Wildman–Crippen LogP) is 0.800. The molecule has 1 unspecified atom stereocenters. The summed E-state index contributed by atoms with van der Waals surface area (Å²) in [4.78, 5) is 28.2. The summed E-state index contributed by atoms with van der Waals surface area (Å²) < 4.78 is 36.5. The number of aliphatic hydroxyl groups excluding tert-OH is 2. The normalized spacial score (nSPS) is 25.3. The van der Waals surface area contributed by atoms with Gasteiger partial charge in [-0.2, -0.15) is 10.1 Å². The molecule has 3 rings (SSSR count). The van der Waals surface area contributed by atoms with Crippen LogP contribution in [0.1, 0.15) is 27.0 Å². The van der Waals surface area contributed by atoms with Crippen molar-refractivity contribution < 1.29 is 43.3 Å². The van der Waals surface area contributed by atoms with Crippen LogP contribution in [0, 0.1) is 12.3 Å². The maximum Gasteiger partial charge on any atom is 0.459 e. The Morgan fingerprint density at radius 1 is 1.29 bits per heavy atom. The fourth-order valence-electron chi connectivity index (χ4n) is 3.47. The first-order valence-electron chi connectivity index (χ1n) is 11.4. The average molecular weight is 552 g/mol. The molecule has 5 N–H and O–H groups in total. The second kappa shape index (κ2) is 12.1. The van der Waals surface area contributed by atoms with Crippen molar-refractivity contribution in [2.75, 3.05) is 12.1 Å². The third-order valence-electron chi connectivity index (χ3n) is 5.36. The van der Waals surface area contributed by atoms with Gasteiger partial charge < -0.3 is 24.2 Å². The summed E-state index contributed by atoms with van der Waals surface area (Å²) in [6.07, 6.45) is 1.29. The summed E-state index contributed by atoms with van der Waals surface area (Å²) in [5.74, 6) is 1.43. The lowest BCUT2D eigenvalue weighted by Crippen LogP contribution is -2.46. The largest absolute Gasteiger partial charge is 0.462 e. The van der Waals surface area contributed by atoms with Gasteiger partial charge in [0, 0.05) is 6.20 Å². The van der Waals surface area contributed by atoms with Crippen LogP contribution in [0.5, 0.6) is 5.75 Å². The Balaban J connectivity index is 1.86. The minimum Gasteiger partial charge on any atom is -0.462 e. The smallest absolute Gasteiger partial charge is 0.459 e. The molecule has 14 nitrogen and oxygen atoms in total. The topological polar surface area (TPSA) is 191 Å². The molecule has 206 valence electrons. The number of terminal acetylenes is 1. The van der Waals surface area contributed by atoms with Crippen molar-refractivity contribution in [2.45, 2.75) is 57.0 Å². The molecule has 0 saturated carbocycles. The van der Waals surface area contributed by atoms with Crippen molar-refractivity contribution in [1.29, 1.82) is 0 Å². The number of anilines is 1. The van der Waals surface area contributed by atoms with E-state index in [1.54, 1.807) is 37.5 Å². The van der Waals surface area contributed by atoms with Gasteiger partial charge in [0.05, 0.1) is 6.10 Å². The number of para-hydroxylation sites is 1. The van der Waals surface area contributed by atoms with E-state index < -0.39 is 62.2 Å². The van der Waals surface area contributed by atoms with E-state index in [1.807, 2.05) is 0 Å². The van der Waals surface area contributed by atoms with Gasteiger partial charge in [0.25, 0.3) is 0 Å². The van der Waals surface area contributed by atoms with Gasteiger partial charge in [-0.1, -0.05) is 24.1 Å². The number of ether oxygens (including phenoxy) is 2. The van der Waals surface area contributed by atoms with Crippen molar-refractivity contribution in [3.05, 3.63) is 53.1 Å². The van der Waals surface area contributed by atoms with Crippen LogP contribution in [0.3, 0.4) is 0 Å². The van der Waals surface area contributed by atoms with E-state index in [1.165, 1.54) is 25.1 Å². The number of hydrogen-bond donors (Lipinski definition) is 5. The van der Waals surface area contributed by atoms with E-state index in [2.05, 4.69) is 16.0 Å². The molecule has 2 heterocycles. The van der Waals surface area contributed by atoms with E-state index in [0.29, 0.717) is 0 Å². The number of hydrogen-bond acceptors (Lipinski definition) is 12. The molecule has 2 aromatic rings. The quantitative estimate of drug-likeness (QED) is 0.114. The van der Waals surface area contributed by atoms with Crippen molar-refractivity contribution in [2.24, 2.45) is 0 Å². The molecule has 0 bridgehead atoms. The summed E-state index contributed by atoms with van der Waals surface area (Å²) in [6.45, 7) is 3.89. The summed E-state index contributed by atoms with van der Waals surface area (Å²) in [6, 6.07) is 7.99. The molecular formula is C23H29N4O10P. The average Bonchev–Trinajstić information content (AvgIpc) is 3.13. The number of esters is 1. The molecule has 1 aromatic carbocycles. The summed E-state index contributed by atoms with van der Waals surface area (Å²) in [7, 11) is -4.40. The maximum atomic E-state index is 13.7. The lowest BCUT2D eigenvalue weighted by atomic mass is 9.97. The first-order valence-corrected chi connectivity index (χ1v) is 13.0. The lowest BCUT2D eigenvalue weighted by molar-refractivity contribution is -0.149. The SMILES string of the molecule is C#C[C@]1(CO[P@@](=O)(N[C@@H](C)C(=O)OC(C)C)Oc2ccccc2)O[C@@H](n2ccc(NO)nc2=O)C(O)[C@H]1O. The third kappa shape index (κ3) is 6.58. The highest BCUT2D eigenvalue weighted by molar-refractivity contribution is 7.52. The zero-order valence-corrected chi connectivity index (χ0v) is 21.6. The number of aliphatic hydroxyl groups is 2. The summed E-state index contributed by atoms with van der Waals surface area (Å²) in [5.41, 5.74) is -1.33.